The number of allylic oxidation sites excluding steroid dienone is 2. The van der Waals surface area contributed by atoms with Gasteiger partial charge in [-0.3, -0.25) is 4.79 Å². The third-order valence-electron chi connectivity index (χ3n) is 5.63. The molecule has 2 amide bonds. The molecule has 1 aliphatic rings. The van der Waals surface area contributed by atoms with Crippen molar-refractivity contribution in [3.63, 3.8) is 0 Å². The second-order valence-corrected chi connectivity index (χ2v) is 10.0. The van der Waals surface area contributed by atoms with Gasteiger partial charge in [0.25, 0.3) is 10.2 Å². The Morgan fingerprint density at radius 3 is 2.64 bits per heavy atom. The number of carbonyl (C=O) groups is 2. The van der Waals surface area contributed by atoms with E-state index in [9.17, 15) is 18.0 Å². The van der Waals surface area contributed by atoms with Gasteiger partial charge in [0.2, 0.25) is 5.91 Å². The zero-order valence-corrected chi connectivity index (χ0v) is 22.4. The van der Waals surface area contributed by atoms with E-state index in [2.05, 4.69) is 20.3 Å². The predicted octanol–water partition coefficient (Wildman–Crippen LogP) is 2.77. The highest BCUT2D eigenvalue weighted by molar-refractivity contribution is 7.87. The Morgan fingerprint density at radius 1 is 1.10 bits per heavy atom. The molecule has 0 aromatic heterocycles. The van der Waals surface area contributed by atoms with E-state index in [0.717, 1.165) is 11.1 Å². The molecule has 3 rings (SSSR count). The van der Waals surface area contributed by atoms with Crippen molar-refractivity contribution in [3.05, 3.63) is 84.0 Å². The molecule has 2 aromatic rings. The Balaban J connectivity index is 1.67. The molecule has 1 heterocycles. The summed E-state index contributed by atoms with van der Waals surface area (Å²) in [7, 11) is -2.22. The molecular weight excluding hydrogens is 522 g/mol. The van der Waals surface area contributed by atoms with E-state index in [1.54, 1.807) is 7.11 Å². The number of hydrogen-bond acceptors (Lipinski definition) is 7. The van der Waals surface area contributed by atoms with Gasteiger partial charge < -0.3 is 20.1 Å². The normalized spacial score (nSPS) is 13.9. The average molecular weight is 556 g/mol. The van der Waals surface area contributed by atoms with Crippen LogP contribution in [-0.4, -0.2) is 46.0 Å². The third kappa shape index (κ3) is 10.7. The maximum atomic E-state index is 13.2. The zero-order valence-electron chi connectivity index (χ0n) is 21.6. The minimum absolute atomic E-state index is 0.0471. The number of benzene rings is 2. The Morgan fingerprint density at radius 2 is 1.90 bits per heavy atom. The molecule has 1 atom stereocenters. The first-order chi connectivity index (χ1) is 18.7. The number of hydrogen-bond donors (Lipinski definition) is 4. The van der Waals surface area contributed by atoms with E-state index < -0.39 is 28.3 Å². The number of unbranched alkanes of at least 4 members (excludes halogenated alkanes) is 1. The van der Waals surface area contributed by atoms with Gasteiger partial charge in [-0.05, 0) is 43.0 Å². The van der Waals surface area contributed by atoms with Gasteiger partial charge >= 0.3 is 6.09 Å². The Bertz CT molecular complexity index is 1330. The number of rotatable bonds is 12. The van der Waals surface area contributed by atoms with Gasteiger partial charge in [0.1, 0.15) is 24.2 Å². The quantitative estimate of drug-likeness (QED) is 0.295. The topological polar surface area (TPSA) is 161 Å². The van der Waals surface area contributed by atoms with Crippen molar-refractivity contribution >= 4 is 33.7 Å². The van der Waals surface area contributed by atoms with Gasteiger partial charge in [-0.15, -0.1) is 0 Å². The number of amidine groups is 1. The number of carbonyl (C=O) groups excluding carboxylic acids is 2. The summed E-state index contributed by atoms with van der Waals surface area (Å²) in [4.78, 5) is 30.4. The number of ether oxygens (including phenoxy) is 2. The van der Waals surface area contributed by atoms with Crippen LogP contribution in [0.3, 0.4) is 0 Å². The fourth-order valence-corrected chi connectivity index (χ4v) is 4.11. The van der Waals surface area contributed by atoms with Crippen LogP contribution in [0.15, 0.2) is 77.8 Å². The van der Waals surface area contributed by atoms with Crippen LogP contribution in [0.2, 0.25) is 0 Å². The molecule has 0 spiro atoms. The fourth-order valence-electron chi connectivity index (χ4n) is 3.68. The second kappa shape index (κ2) is 14.8. The van der Waals surface area contributed by atoms with Crippen molar-refractivity contribution in [2.45, 2.75) is 38.3 Å². The van der Waals surface area contributed by atoms with Gasteiger partial charge in [-0.25, -0.2) is 19.6 Å². The predicted molar refractivity (Wildman–Crippen MR) is 149 cm³/mol. The van der Waals surface area contributed by atoms with Crippen LogP contribution in [0.25, 0.3) is 5.70 Å². The third-order valence-corrected chi connectivity index (χ3v) is 6.24. The van der Waals surface area contributed by atoms with Gasteiger partial charge in [0.05, 0.1) is 12.8 Å². The largest absolute Gasteiger partial charge is 0.497 e. The minimum atomic E-state index is -3.80. The molecule has 1 aliphatic heterocycles. The summed E-state index contributed by atoms with van der Waals surface area (Å²) in [5.74, 6) is 0.617. The average Bonchev–Trinajstić information content (AvgIpc) is 3.16. The molecule has 0 fully saturated rings. The number of methoxy groups -OCH3 is 1. The van der Waals surface area contributed by atoms with E-state index in [-0.39, 0.29) is 19.6 Å². The summed E-state index contributed by atoms with van der Waals surface area (Å²) in [6, 6.07) is 15.6. The van der Waals surface area contributed by atoms with Crippen molar-refractivity contribution in [1.82, 2.24) is 15.4 Å². The molecule has 39 heavy (non-hydrogen) atoms. The number of aliphatic imine (C=N–C) groups is 1. The van der Waals surface area contributed by atoms with Crippen LogP contribution in [-0.2, 0) is 26.3 Å². The highest BCUT2D eigenvalue weighted by atomic mass is 32.2. The number of nitrogens with one attached hydrogen (secondary N) is 3. The highest BCUT2D eigenvalue weighted by Crippen LogP contribution is 2.22. The van der Waals surface area contributed by atoms with Gasteiger partial charge in [0.15, 0.2) is 0 Å². The first-order valence-corrected chi connectivity index (χ1v) is 13.9. The second-order valence-electron chi connectivity index (χ2n) is 8.66. The van der Waals surface area contributed by atoms with E-state index in [1.165, 1.54) is 0 Å². The maximum absolute atomic E-state index is 13.2. The molecule has 0 bridgehead atoms. The molecule has 208 valence electrons. The molecule has 5 N–H and O–H groups in total. The van der Waals surface area contributed by atoms with E-state index in [1.807, 2.05) is 72.8 Å². The summed E-state index contributed by atoms with van der Waals surface area (Å²) in [5.41, 5.74) is 2.26. The first kappa shape index (κ1) is 29.6. The molecule has 11 nitrogen and oxygen atoms in total. The summed E-state index contributed by atoms with van der Waals surface area (Å²) < 4.78 is 35.0. The summed E-state index contributed by atoms with van der Waals surface area (Å²) in [5, 5.41) is 10.4. The van der Waals surface area contributed by atoms with Crippen LogP contribution >= 0.6 is 0 Å². The molecule has 12 heteroatoms. The molecular formula is C27H33N5O6S. The lowest BCUT2D eigenvalue weighted by Gasteiger charge is -2.19. The summed E-state index contributed by atoms with van der Waals surface area (Å²) >= 11 is 0. The van der Waals surface area contributed by atoms with Crippen molar-refractivity contribution in [2.75, 3.05) is 13.7 Å². The van der Waals surface area contributed by atoms with E-state index >= 15 is 0 Å². The van der Waals surface area contributed by atoms with Crippen molar-refractivity contribution in [1.29, 1.82) is 0 Å². The molecule has 0 saturated heterocycles. The zero-order chi connectivity index (χ0) is 28.1. The van der Waals surface area contributed by atoms with Gasteiger partial charge in [-0.2, -0.15) is 8.42 Å². The lowest BCUT2D eigenvalue weighted by Crippen LogP contribution is -2.48. The van der Waals surface area contributed by atoms with Gasteiger partial charge in [0, 0.05) is 18.5 Å². The standard InChI is InChI=1S/C27H33N5O6S/c1-37-22-13-9-12-21(18-22)23-14-5-6-16-25(30-23)32-26(33)24(15-7-8-17-29-39(28,35)36)31-27(34)38-19-20-10-3-2-4-11-20/h2-6,9-14,18,24,29H,7-8,15-17,19H2,1H3,(H,31,34)(H2,28,35,36)(H,30,32,33)/t24-/m0/s1. The number of alkyl carbamates (subject to hydrolysis) is 1. The lowest BCUT2D eigenvalue weighted by atomic mass is 10.1. The lowest BCUT2D eigenvalue weighted by molar-refractivity contribution is -0.121. The van der Waals surface area contributed by atoms with Gasteiger partial charge in [-0.1, -0.05) is 54.6 Å². The van der Waals surface area contributed by atoms with Crippen LogP contribution < -0.4 is 25.2 Å². The Kier molecular flexibility index (Phi) is 11.2. The summed E-state index contributed by atoms with van der Waals surface area (Å²) in [6.45, 7) is 0.156. The van der Waals surface area contributed by atoms with Crippen molar-refractivity contribution in [2.24, 2.45) is 10.1 Å². The maximum Gasteiger partial charge on any atom is 0.408 e. The molecule has 0 aliphatic carbocycles. The highest BCUT2D eigenvalue weighted by Gasteiger charge is 2.23. The smallest absolute Gasteiger partial charge is 0.408 e. The van der Waals surface area contributed by atoms with Crippen LogP contribution in [0, 0.1) is 0 Å². The van der Waals surface area contributed by atoms with E-state index in [0.29, 0.717) is 36.5 Å². The minimum Gasteiger partial charge on any atom is -0.497 e. The Labute approximate surface area is 228 Å². The van der Waals surface area contributed by atoms with Crippen molar-refractivity contribution in [3.8, 4) is 5.75 Å². The van der Waals surface area contributed by atoms with E-state index in [4.69, 9.17) is 14.6 Å². The molecule has 0 unspecified atom stereocenters. The number of nitrogens with zero attached hydrogens (tertiary/aromatic N) is 1. The monoisotopic (exact) mass is 555 g/mol. The molecule has 0 radical (unpaired) electrons. The molecule has 0 saturated carbocycles. The first-order valence-electron chi connectivity index (χ1n) is 12.4. The molecule has 2 aromatic carbocycles. The SMILES string of the molecule is COc1cccc(C2=CC=CCC(NC(=O)[C@H](CCCCNS(N)(=O)=O)NC(=O)OCc3ccccc3)=N2)c1. The van der Waals surface area contributed by atoms with Crippen molar-refractivity contribution < 1.29 is 27.5 Å². The van der Waals surface area contributed by atoms with Crippen LogP contribution in [0.4, 0.5) is 4.79 Å². The van der Waals surface area contributed by atoms with Crippen LogP contribution in [0.5, 0.6) is 5.75 Å². The fraction of sp³-hybridized carbons (Fsp3) is 0.296. The van der Waals surface area contributed by atoms with Crippen LogP contribution in [0.1, 0.15) is 36.8 Å². The Hall–Kier alpha value is -4.00. The number of amides is 2. The number of nitrogens with two attached hydrogens (primary N) is 1. The summed E-state index contributed by atoms with van der Waals surface area (Å²) in [6.07, 6.45) is 6.26.